The van der Waals surface area contributed by atoms with Crippen LogP contribution in [0.4, 0.5) is 11.6 Å². The van der Waals surface area contributed by atoms with E-state index in [0.29, 0.717) is 17.9 Å². The number of hydrogen-bond acceptors (Lipinski definition) is 5. The van der Waals surface area contributed by atoms with Crippen molar-refractivity contribution in [2.75, 3.05) is 23.7 Å². The Morgan fingerprint density at radius 3 is 2.57 bits per heavy atom. The van der Waals surface area contributed by atoms with Gasteiger partial charge in [0.15, 0.2) is 0 Å². The Labute approximate surface area is 124 Å². The second-order valence-corrected chi connectivity index (χ2v) is 5.91. The number of aromatic nitrogens is 2. The van der Waals surface area contributed by atoms with Crippen molar-refractivity contribution >= 4 is 11.6 Å². The molecule has 3 heterocycles. The van der Waals surface area contributed by atoms with Crippen molar-refractivity contribution < 1.29 is 0 Å². The van der Waals surface area contributed by atoms with Crippen LogP contribution in [0.2, 0.25) is 0 Å². The molecule has 2 aromatic rings. The molecule has 0 spiro atoms. The van der Waals surface area contributed by atoms with Crippen molar-refractivity contribution in [1.82, 2.24) is 14.9 Å². The zero-order valence-corrected chi connectivity index (χ0v) is 11.9. The van der Waals surface area contributed by atoms with Gasteiger partial charge in [-0.3, -0.25) is 4.90 Å². The molecule has 0 radical (unpaired) electrons. The Balaban J connectivity index is 1.45. The lowest BCUT2D eigenvalue weighted by Crippen LogP contribution is -2.46. The number of nitrogens with two attached hydrogens (primary N) is 1. The molecule has 2 N–H and O–H groups in total. The zero-order chi connectivity index (χ0) is 14.2. The highest BCUT2D eigenvalue weighted by atomic mass is 15.4. The molecule has 2 saturated heterocycles. The second-order valence-electron chi connectivity index (χ2n) is 5.91. The molecule has 2 bridgehead atoms. The molecule has 5 heteroatoms. The van der Waals surface area contributed by atoms with E-state index in [4.69, 9.17) is 5.73 Å². The van der Waals surface area contributed by atoms with Crippen LogP contribution in [0.3, 0.4) is 0 Å². The van der Waals surface area contributed by atoms with E-state index in [9.17, 15) is 0 Å². The quantitative estimate of drug-likeness (QED) is 0.924. The van der Waals surface area contributed by atoms with Crippen molar-refractivity contribution in [3.8, 4) is 0 Å². The summed E-state index contributed by atoms with van der Waals surface area (Å²) in [7, 11) is 0. The van der Waals surface area contributed by atoms with Crippen LogP contribution in [-0.4, -0.2) is 40.0 Å². The Morgan fingerprint density at radius 2 is 1.90 bits per heavy atom. The van der Waals surface area contributed by atoms with Crippen molar-refractivity contribution in [2.24, 2.45) is 0 Å². The van der Waals surface area contributed by atoms with Gasteiger partial charge in [0.25, 0.3) is 0 Å². The third-order valence-corrected chi connectivity index (χ3v) is 4.53. The Hall–Kier alpha value is -2.14. The van der Waals surface area contributed by atoms with Crippen LogP contribution in [0, 0.1) is 0 Å². The molecule has 2 aliphatic rings. The van der Waals surface area contributed by atoms with E-state index < -0.39 is 0 Å². The maximum Gasteiger partial charge on any atom is 0.147 e. The number of benzene rings is 1. The number of hydrogen-bond donors (Lipinski definition) is 1. The van der Waals surface area contributed by atoms with E-state index in [1.54, 1.807) is 12.4 Å². The molecule has 5 nitrogen and oxygen atoms in total. The first-order valence-corrected chi connectivity index (χ1v) is 7.42. The lowest BCUT2D eigenvalue weighted by molar-refractivity contribution is 0.230. The highest BCUT2D eigenvalue weighted by Gasteiger charge is 2.43. The average molecular weight is 281 g/mol. The first-order chi connectivity index (χ1) is 10.3. The van der Waals surface area contributed by atoms with Crippen molar-refractivity contribution in [3.63, 3.8) is 0 Å². The van der Waals surface area contributed by atoms with Crippen LogP contribution in [0.1, 0.15) is 12.0 Å². The number of nitrogens with zero attached hydrogens (tertiary/aromatic N) is 4. The van der Waals surface area contributed by atoms with Gasteiger partial charge in [0.1, 0.15) is 11.6 Å². The monoisotopic (exact) mass is 281 g/mol. The van der Waals surface area contributed by atoms with Crippen molar-refractivity contribution in [1.29, 1.82) is 0 Å². The number of nitrogen functional groups attached to an aromatic ring is 1. The van der Waals surface area contributed by atoms with E-state index in [1.807, 2.05) is 0 Å². The Morgan fingerprint density at radius 1 is 1.05 bits per heavy atom. The molecular weight excluding hydrogens is 262 g/mol. The van der Waals surface area contributed by atoms with Gasteiger partial charge in [0.2, 0.25) is 0 Å². The van der Waals surface area contributed by atoms with Crippen LogP contribution in [0.25, 0.3) is 0 Å². The summed E-state index contributed by atoms with van der Waals surface area (Å²) in [4.78, 5) is 13.5. The zero-order valence-electron chi connectivity index (χ0n) is 11.9. The van der Waals surface area contributed by atoms with Gasteiger partial charge < -0.3 is 10.6 Å². The molecule has 2 aliphatic heterocycles. The molecule has 1 aromatic carbocycles. The molecule has 0 amide bonds. The normalized spacial score (nSPS) is 24.7. The number of rotatable bonds is 3. The maximum absolute atomic E-state index is 5.61. The fourth-order valence-corrected chi connectivity index (χ4v) is 3.52. The van der Waals surface area contributed by atoms with Crippen LogP contribution in [0.15, 0.2) is 42.7 Å². The van der Waals surface area contributed by atoms with Gasteiger partial charge in [-0.2, -0.15) is 0 Å². The van der Waals surface area contributed by atoms with Gasteiger partial charge in [0, 0.05) is 31.7 Å². The fourth-order valence-electron chi connectivity index (χ4n) is 3.52. The molecule has 0 saturated carbocycles. The predicted octanol–water partition coefficient (Wildman–Crippen LogP) is 1.52. The van der Waals surface area contributed by atoms with Gasteiger partial charge in [-0.1, -0.05) is 30.3 Å². The van der Waals surface area contributed by atoms with E-state index in [-0.39, 0.29) is 0 Å². The number of fused-ring (bicyclic) bond motifs is 2. The van der Waals surface area contributed by atoms with Gasteiger partial charge in [-0.25, -0.2) is 9.97 Å². The largest absolute Gasteiger partial charge is 0.382 e. The molecule has 2 fully saturated rings. The summed E-state index contributed by atoms with van der Waals surface area (Å²) in [5.41, 5.74) is 7.00. The molecule has 0 aliphatic carbocycles. The lowest BCUT2D eigenvalue weighted by Gasteiger charge is -2.34. The fraction of sp³-hybridized carbons (Fsp3) is 0.375. The topological polar surface area (TPSA) is 58.3 Å². The molecular formula is C16H19N5. The van der Waals surface area contributed by atoms with Crippen molar-refractivity contribution in [3.05, 3.63) is 48.3 Å². The third kappa shape index (κ3) is 2.34. The number of likely N-dealkylation sites (tertiary alicyclic amines) is 1. The Bertz CT molecular complexity index is 612. The van der Waals surface area contributed by atoms with E-state index in [0.717, 1.165) is 25.5 Å². The van der Waals surface area contributed by atoms with Crippen LogP contribution >= 0.6 is 0 Å². The summed E-state index contributed by atoms with van der Waals surface area (Å²) in [6.07, 6.45) is 4.65. The van der Waals surface area contributed by atoms with E-state index in [2.05, 4.69) is 50.1 Å². The van der Waals surface area contributed by atoms with Gasteiger partial charge >= 0.3 is 0 Å². The second kappa shape index (κ2) is 5.00. The molecule has 1 aromatic heterocycles. The summed E-state index contributed by atoms with van der Waals surface area (Å²) in [6, 6.07) is 11.9. The summed E-state index contributed by atoms with van der Waals surface area (Å²) in [6.45, 7) is 3.19. The SMILES string of the molecule is Nc1cnc(N2CC3CC2CN3Cc2ccccc2)cn1. The van der Waals surface area contributed by atoms with Crippen LogP contribution in [-0.2, 0) is 6.54 Å². The van der Waals surface area contributed by atoms with E-state index in [1.165, 1.54) is 12.0 Å². The number of anilines is 2. The average Bonchev–Trinajstić information content (AvgIpc) is 3.09. The third-order valence-electron chi connectivity index (χ3n) is 4.53. The molecule has 4 rings (SSSR count). The Kier molecular flexibility index (Phi) is 3.00. The van der Waals surface area contributed by atoms with E-state index >= 15 is 0 Å². The smallest absolute Gasteiger partial charge is 0.147 e. The highest BCUT2D eigenvalue weighted by molar-refractivity contribution is 5.43. The highest BCUT2D eigenvalue weighted by Crippen LogP contribution is 2.34. The van der Waals surface area contributed by atoms with Crippen LogP contribution in [0.5, 0.6) is 0 Å². The first-order valence-electron chi connectivity index (χ1n) is 7.42. The number of piperazine rings is 1. The van der Waals surface area contributed by atoms with Gasteiger partial charge in [0.05, 0.1) is 12.4 Å². The molecule has 2 atom stereocenters. The maximum atomic E-state index is 5.61. The standard InChI is InChI=1S/C16H19N5/c17-15-7-19-16(8-18-15)21-11-13-6-14(21)10-20(13)9-12-4-2-1-3-5-12/h1-5,7-8,13-14H,6,9-11H2,(H2,17,18). The van der Waals surface area contributed by atoms with Gasteiger partial charge in [-0.15, -0.1) is 0 Å². The minimum Gasteiger partial charge on any atom is -0.382 e. The minimum absolute atomic E-state index is 0.480. The summed E-state index contributed by atoms with van der Waals surface area (Å²) in [5, 5.41) is 0. The van der Waals surface area contributed by atoms with Gasteiger partial charge in [-0.05, 0) is 12.0 Å². The minimum atomic E-state index is 0.480. The molecule has 2 unspecified atom stereocenters. The summed E-state index contributed by atoms with van der Waals surface area (Å²) < 4.78 is 0. The van der Waals surface area contributed by atoms with Crippen LogP contribution < -0.4 is 10.6 Å². The van der Waals surface area contributed by atoms with Crippen molar-refractivity contribution in [2.45, 2.75) is 25.0 Å². The lowest BCUT2D eigenvalue weighted by atomic mass is 10.2. The predicted molar refractivity (Wildman–Crippen MR) is 82.8 cm³/mol. The molecule has 21 heavy (non-hydrogen) atoms. The molecule has 108 valence electrons. The summed E-state index contributed by atoms with van der Waals surface area (Å²) in [5.74, 6) is 1.44. The summed E-state index contributed by atoms with van der Waals surface area (Å²) >= 11 is 0. The first kappa shape index (κ1) is 12.6.